The standard InChI is InChI=1S/C22H19ClFNO3/c1-2-27-20-12-11-15(22(26)25-19-9-5-4-8-18(19)24)13-16(20)14-28-21-10-6-3-7-17(21)23/h3-13H,2,14H2,1H3,(H,25,26). The van der Waals surface area contributed by atoms with Gasteiger partial charge in [0.25, 0.3) is 5.91 Å². The number of hydrogen-bond donors (Lipinski definition) is 1. The fourth-order valence-corrected chi connectivity index (χ4v) is 2.79. The van der Waals surface area contributed by atoms with Crippen LogP contribution in [0.2, 0.25) is 5.02 Å². The maximum atomic E-state index is 13.8. The van der Waals surface area contributed by atoms with E-state index in [1.807, 2.05) is 19.1 Å². The zero-order valence-corrected chi connectivity index (χ0v) is 16.0. The maximum absolute atomic E-state index is 13.8. The Morgan fingerprint density at radius 2 is 1.75 bits per heavy atom. The zero-order chi connectivity index (χ0) is 19.9. The molecule has 3 aromatic rings. The Morgan fingerprint density at radius 3 is 2.50 bits per heavy atom. The number of nitrogens with one attached hydrogen (secondary N) is 1. The molecular formula is C22H19ClFNO3. The van der Waals surface area contributed by atoms with Crippen molar-refractivity contribution in [1.82, 2.24) is 0 Å². The predicted octanol–water partition coefficient (Wildman–Crippen LogP) is 5.71. The van der Waals surface area contributed by atoms with E-state index in [1.54, 1.807) is 42.5 Å². The predicted molar refractivity (Wildman–Crippen MR) is 108 cm³/mol. The van der Waals surface area contributed by atoms with Crippen LogP contribution in [0.15, 0.2) is 66.7 Å². The molecule has 0 aliphatic rings. The summed E-state index contributed by atoms with van der Waals surface area (Å²) in [5, 5.41) is 3.07. The summed E-state index contributed by atoms with van der Waals surface area (Å²) in [6.07, 6.45) is 0. The number of para-hydroxylation sites is 2. The molecule has 0 atom stereocenters. The highest BCUT2D eigenvalue weighted by molar-refractivity contribution is 6.32. The fourth-order valence-electron chi connectivity index (χ4n) is 2.60. The van der Waals surface area contributed by atoms with Crippen molar-refractivity contribution in [2.75, 3.05) is 11.9 Å². The van der Waals surface area contributed by atoms with Crippen LogP contribution in [0.5, 0.6) is 11.5 Å². The van der Waals surface area contributed by atoms with Crippen LogP contribution in [-0.2, 0) is 6.61 Å². The van der Waals surface area contributed by atoms with Gasteiger partial charge in [0.1, 0.15) is 23.9 Å². The molecule has 144 valence electrons. The highest BCUT2D eigenvalue weighted by Crippen LogP contribution is 2.27. The summed E-state index contributed by atoms with van der Waals surface area (Å²) in [6, 6.07) is 18.1. The second-order valence-corrected chi connectivity index (χ2v) is 6.32. The Labute approximate surface area is 167 Å². The van der Waals surface area contributed by atoms with E-state index in [4.69, 9.17) is 21.1 Å². The minimum Gasteiger partial charge on any atom is -0.493 e. The molecule has 4 nitrogen and oxygen atoms in total. The molecule has 1 N–H and O–H groups in total. The van der Waals surface area contributed by atoms with E-state index < -0.39 is 11.7 Å². The van der Waals surface area contributed by atoms with Gasteiger partial charge in [0.15, 0.2) is 0 Å². The van der Waals surface area contributed by atoms with E-state index >= 15 is 0 Å². The lowest BCUT2D eigenvalue weighted by molar-refractivity contribution is 0.102. The Bertz CT molecular complexity index is 978. The fraction of sp³-hybridized carbons (Fsp3) is 0.136. The molecule has 0 saturated carbocycles. The van der Waals surface area contributed by atoms with Gasteiger partial charge in [0.2, 0.25) is 0 Å². The van der Waals surface area contributed by atoms with Gasteiger partial charge in [-0.3, -0.25) is 4.79 Å². The van der Waals surface area contributed by atoms with Crippen molar-refractivity contribution in [3.63, 3.8) is 0 Å². The molecule has 3 rings (SSSR count). The summed E-state index contributed by atoms with van der Waals surface area (Å²) in [5.41, 5.74) is 1.17. The van der Waals surface area contributed by atoms with E-state index in [2.05, 4.69) is 5.32 Å². The molecule has 0 spiro atoms. The third-order valence-corrected chi connectivity index (χ3v) is 4.28. The second-order valence-electron chi connectivity index (χ2n) is 5.91. The average molecular weight is 400 g/mol. The highest BCUT2D eigenvalue weighted by Gasteiger charge is 2.13. The third kappa shape index (κ3) is 4.81. The average Bonchev–Trinajstić information content (AvgIpc) is 2.70. The van der Waals surface area contributed by atoms with Crippen molar-refractivity contribution in [3.8, 4) is 11.5 Å². The van der Waals surface area contributed by atoms with Crippen LogP contribution in [0.25, 0.3) is 0 Å². The number of halogens is 2. The van der Waals surface area contributed by atoms with Gasteiger partial charge in [-0.2, -0.15) is 0 Å². The van der Waals surface area contributed by atoms with E-state index in [0.717, 1.165) is 0 Å². The summed E-state index contributed by atoms with van der Waals surface area (Å²) in [4.78, 5) is 12.5. The molecule has 1 amide bonds. The lowest BCUT2D eigenvalue weighted by atomic mass is 10.1. The Hall–Kier alpha value is -3.05. The summed E-state index contributed by atoms with van der Waals surface area (Å²) in [6.45, 7) is 2.51. The quantitative estimate of drug-likeness (QED) is 0.553. The number of anilines is 1. The van der Waals surface area contributed by atoms with Crippen molar-refractivity contribution in [2.24, 2.45) is 0 Å². The number of benzene rings is 3. The van der Waals surface area contributed by atoms with Crippen LogP contribution in [-0.4, -0.2) is 12.5 Å². The molecular weight excluding hydrogens is 381 g/mol. The van der Waals surface area contributed by atoms with Crippen molar-refractivity contribution < 1.29 is 18.7 Å². The molecule has 28 heavy (non-hydrogen) atoms. The second kappa shape index (κ2) is 9.24. The van der Waals surface area contributed by atoms with Crippen molar-refractivity contribution in [2.45, 2.75) is 13.5 Å². The van der Waals surface area contributed by atoms with Gasteiger partial charge < -0.3 is 14.8 Å². The third-order valence-electron chi connectivity index (χ3n) is 3.96. The van der Waals surface area contributed by atoms with E-state index in [9.17, 15) is 9.18 Å². The smallest absolute Gasteiger partial charge is 0.255 e. The molecule has 6 heteroatoms. The maximum Gasteiger partial charge on any atom is 0.255 e. The first-order chi connectivity index (χ1) is 13.6. The largest absolute Gasteiger partial charge is 0.493 e. The van der Waals surface area contributed by atoms with Gasteiger partial charge in [-0.05, 0) is 49.4 Å². The van der Waals surface area contributed by atoms with Crippen LogP contribution in [0, 0.1) is 5.82 Å². The summed E-state index contributed by atoms with van der Waals surface area (Å²) < 4.78 is 25.2. The van der Waals surface area contributed by atoms with Crippen LogP contribution < -0.4 is 14.8 Å². The molecule has 0 aliphatic heterocycles. The molecule has 0 radical (unpaired) electrons. The first-order valence-corrected chi connectivity index (χ1v) is 9.15. The van der Waals surface area contributed by atoms with Gasteiger partial charge in [0, 0.05) is 11.1 Å². The van der Waals surface area contributed by atoms with Crippen molar-refractivity contribution in [1.29, 1.82) is 0 Å². The number of carbonyl (C=O) groups excluding carboxylic acids is 1. The van der Waals surface area contributed by atoms with Gasteiger partial charge in [-0.15, -0.1) is 0 Å². The molecule has 0 aromatic heterocycles. The Kier molecular flexibility index (Phi) is 6.50. The van der Waals surface area contributed by atoms with Gasteiger partial charge in [-0.1, -0.05) is 35.9 Å². The summed E-state index contributed by atoms with van der Waals surface area (Å²) in [7, 11) is 0. The summed E-state index contributed by atoms with van der Waals surface area (Å²) >= 11 is 6.12. The van der Waals surface area contributed by atoms with Crippen LogP contribution in [0.1, 0.15) is 22.8 Å². The van der Waals surface area contributed by atoms with Gasteiger partial charge in [0.05, 0.1) is 17.3 Å². The first-order valence-electron chi connectivity index (χ1n) is 8.77. The SMILES string of the molecule is CCOc1ccc(C(=O)Nc2ccccc2F)cc1COc1ccccc1Cl. The molecule has 0 aliphatic carbocycles. The minimum atomic E-state index is -0.496. The Morgan fingerprint density at radius 1 is 1.00 bits per heavy atom. The molecule has 0 bridgehead atoms. The van der Waals surface area contributed by atoms with Crippen molar-refractivity contribution >= 4 is 23.2 Å². The zero-order valence-electron chi connectivity index (χ0n) is 15.2. The molecule has 0 fully saturated rings. The minimum absolute atomic E-state index is 0.121. The van der Waals surface area contributed by atoms with Crippen molar-refractivity contribution in [3.05, 3.63) is 88.7 Å². The number of rotatable bonds is 7. The van der Waals surface area contributed by atoms with Crippen LogP contribution in [0.3, 0.4) is 0 Å². The van der Waals surface area contributed by atoms with E-state index in [-0.39, 0.29) is 12.3 Å². The molecule has 0 saturated heterocycles. The topological polar surface area (TPSA) is 47.6 Å². The number of carbonyl (C=O) groups is 1. The van der Waals surface area contributed by atoms with E-state index in [1.165, 1.54) is 12.1 Å². The van der Waals surface area contributed by atoms with Crippen LogP contribution in [0.4, 0.5) is 10.1 Å². The number of amides is 1. The highest BCUT2D eigenvalue weighted by atomic mass is 35.5. The lowest BCUT2D eigenvalue weighted by Gasteiger charge is -2.14. The van der Waals surface area contributed by atoms with E-state index in [0.29, 0.717) is 34.3 Å². The molecule has 0 unspecified atom stereocenters. The van der Waals surface area contributed by atoms with Gasteiger partial charge in [-0.25, -0.2) is 4.39 Å². The lowest BCUT2D eigenvalue weighted by Crippen LogP contribution is -2.14. The normalized spacial score (nSPS) is 10.4. The summed E-state index contributed by atoms with van der Waals surface area (Å²) in [5.74, 6) is 0.223. The molecule has 0 heterocycles. The Balaban J connectivity index is 1.81. The number of ether oxygens (including phenoxy) is 2. The number of hydrogen-bond acceptors (Lipinski definition) is 3. The molecule has 3 aromatic carbocycles. The monoisotopic (exact) mass is 399 g/mol. The first kappa shape index (κ1) is 19.7. The van der Waals surface area contributed by atoms with Crippen LogP contribution >= 0.6 is 11.6 Å². The van der Waals surface area contributed by atoms with Gasteiger partial charge >= 0.3 is 0 Å².